The lowest BCUT2D eigenvalue weighted by molar-refractivity contribution is 0.0305. The summed E-state index contributed by atoms with van der Waals surface area (Å²) in [4.78, 5) is 0. The van der Waals surface area contributed by atoms with Crippen molar-refractivity contribution in [1.29, 1.82) is 0 Å². The van der Waals surface area contributed by atoms with Gasteiger partial charge in [-0.1, -0.05) is 13.8 Å². The van der Waals surface area contributed by atoms with Crippen LogP contribution in [0.2, 0.25) is 0 Å². The van der Waals surface area contributed by atoms with Crippen LogP contribution in [-0.2, 0) is 11.3 Å². The molecule has 1 aromatic rings. The fourth-order valence-electron chi connectivity index (χ4n) is 2.40. The smallest absolute Gasteiger partial charge is 0.161 e. The predicted octanol–water partition coefficient (Wildman–Crippen LogP) is 2.38. The van der Waals surface area contributed by atoms with E-state index >= 15 is 0 Å². The Bertz CT molecular complexity index is 366. The van der Waals surface area contributed by atoms with Crippen LogP contribution in [0.15, 0.2) is 6.20 Å². The molecule has 0 amide bonds. The maximum atomic E-state index is 5.84. The number of aromatic nitrogens is 2. The highest BCUT2D eigenvalue weighted by atomic mass is 16.5. The van der Waals surface area contributed by atoms with Crippen molar-refractivity contribution in [1.82, 2.24) is 15.1 Å². The van der Waals surface area contributed by atoms with Crippen LogP contribution in [0.5, 0.6) is 5.75 Å². The molecule has 0 radical (unpaired) electrons. The highest BCUT2D eigenvalue weighted by Gasteiger charge is 2.27. The van der Waals surface area contributed by atoms with E-state index < -0.39 is 0 Å². The second-order valence-corrected chi connectivity index (χ2v) is 4.49. The van der Waals surface area contributed by atoms with E-state index in [-0.39, 0.29) is 12.1 Å². The van der Waals surface area contributed by atoms with Crippen LogP contribution in [0.1, 0.15) is 45.3 Å². The van der Waals surface area contributed by atoms with Crippen molar-refractivity contribution in [3.63, 3.8) is 0 Å². The summed E-state index contributed by atoms with van der Waals surface area (Å²) in [6.45, 7) is 7.90. The van der Waals surface area contributed by atoms with Gasteiger partial charge in [-0.2, -0.15) is 5.10 Å². The minimum atomic E-state index is 0.0916. The molecule has 0 saturated heterocycles. The molecule has 0 spiro atoms. The van der Waals surface area contributed by atoms with Crippen LogP contribution in [0, 0.1) is 0 Å². The molecule has 0 aliphatic carbocycles. The van der Waals surface area contributed by atoms with Crippen molar-refractivity contribution in [2.45, 2.75) is 52.3 Å². The summed E-state index contributed by atoms with van der Waals surface area (Å²) in [5.74, 6) is 0.825. The summed E-state index contributed by atoms with van der Waals surface area (Å²) >= 11 is 0. The lowest BCUT2D eigenvalue weighted by atomic mass is 10.0. The average molecular weight is 269 g/mol. The molecule has 0 bridgehead atoms. The first-order valence-corrected chi connectivity index (χ1v) is 7.11. The van der Waals surface area contributed by atoms with Gasteiger partial charge < -0.3 is 14.8 Å². The van der Waals surface area contributed by atoms with E-state index in [9.17, 15) is 0 Å². The molecule has 1 aromatic heterocycles. The number of aryl methyl sites for hydroxylation is 1. The normalized spacial score (nSPS) is 14.4. The number of likely N-dealkylation sites (N-methyl/N-ethyl adjacent to an activating group) is 1. The van der Waals surface area contributed by atoms with Gasteiger partial charge in [-0.05, 0) is 26.8 Å². The van der Waals surface area contributed by atoms with Crippen LogP contribution in [0.25, 0.3) is 0 Å². The molecule has 1 N–H and O–H groups in total. The number of methoxy groups -OCH3 is 1. The van der Waals surface area contributed by atoms with Crippen LogP contribution >= 0.6 is 0 Å². The largest absolute Gasteiger partial charge is 0.493 e. The number of hydrogen-bond donors (Lipinski definition) is 1. The van der Waals surface area contributed by atoms with E-state index in [1.165, 1.54) is 0 Å². The predicted molar refractivity (Wildman–Crippen MR) is 76.6 cm³/mol. The average Bonchev–Trinajstić information content (AvgIpc) is 2.82. The van der Waals surface area contributed by atoms with E-state index in [0.29, 0.717) is 6.61 Å². The zero-order valence-corrected chi connectivity index (χ0v) is 12.8. The van der Waals surface area contributed by atoms with E-state index in [1.54, 1.807) is 13.3 Å². The van der Waals surface area contributed by atoms with Gasteiger partial charge in [-0.3, -0.25) is 4.68 Å². The minimum absolute atomic E-state index is 0.0916. The van der Waals surface area contributed by atoms with E-state index in [1.807, 2.05) is 18.7 Å². The van der Waals surface area contributed by atoms with E-state index in [2.05, 4.69) is 24.3 Å². The molecule has 19 heavy (non-hydrogen) atoms. The first kappa shape index (κ1) is 16.0. The number of rotatable bonds is 9. The second kappa shape index (κ2) is 8.17. The Balaban J connectivity index is 3.10. The molecule has 1 rings (SSSR count). The monoisotopic (exact) mass is 269 g/mol. The third-order valence-corrected chi connectivity index (χ3v) is 3.26. The molecule has 0 fully saturated rings. The maximum absolute atomic E-state index is 5.84. The third-order valence-electron chi connectivity index (χ3n) is 3.26. The van der Waals surface area contributed by atoms with E-state index in [4.69, 9.17) is 9.47 Å². The Morgan fingerprint density at radius 2 is 2.11 bits per heavy atom. The summed E-state index contributed by atoms with van der Waals surface area (Å²) in [5.41, 5.74) is 1.08. The van der Waals surface area contributed by atoms with Crippen LogP contribution < -0.4 is 10.1 Å². The highest BCUT2D eigenvalue weighted by Crippen LogP contribution is 2.29. The van der Waals surface area contributed by atoms with Crippen molar-refractivity contribution in [3.05, 3.63) is 11.9 Å². The van der Waals surface area contributed by atoms with Crippen molar-refractivity contribution >= 4 is 0 Å². The number of nitrogens with one attached hydrogen (secondary N) is 1. The standard InChI is InChI=1S/C14H27N3O2/c1-6-9-17-14(12(18-5)10-16-17)13(15-4)11(7-2)19-8-3/h10-11,13,15H,6-9H2,1-5H3. The third kappa shape index (κ3) is 3.70. The van der Waals surface area contributed by atoms with Crippen molar-refractivity contribution in [3.8, 4) is 5.75 Å². The summed E-state index contributed by atoms with van der Waals surface area (Å²) in [6.07, 6.45) is 3.89. The highest BCUT2D eigenvalue weighted by molar-refractivity contribution is 5.29. The van der Waals surface area contributed by atoms with Gasteiger partial charge in [0.05, 0.1) is 31.1 Å². The van der Waals surface area contributed by atoms with Gasteiger partial charge in [0.1, 0.15) is 0 Å². The number of hydrogen-bond acceptors (Lipinski definition) is 4. The Morgan fingerprint density at radius 1 is 1.37 bits per heavy atom. The van der Waals surface area contributed by atoms with Gasteiger partial charge >= 0.3 is 0 Å². The molecule has 2 unspecified atom stereocenters. The van der Waals surface area contributed by atoms with Crippen LogP contribution in [0.3, 0.4) is 0 Å². The summed E-state index contributed by atoms with van der Waals surface area (Å²) < 4.78 is 13.3. The Kier molecular flexibility index (Phi) is 6.87. The van der Waals surface area contributed by atoms with Crippen molar-refractivity contribution < 1.29 is 9.47 Å². The molecule has 5 heteroatoms. The molecular weight excluding hydrogens is 242 g/mol. The van der Waals surface area contributed by atoms with E-state index in [0.717, 1.165) is 30.8 Å². The fraction of sp³-hybridized carbons (Fsp3) is 0.786. The van der Waals surface area contributed by atoms with Gasteiger partial charge in [-0.15, -0.1) is 0 Å². The molecule has 0 saturated carbocycles. The molecule has 5 nitrogen and oxygen atoms in total. The molecule has 1 heterocycles. The van der Waals surface area contributed by atoms with Crippen molar-refractivity contribution in [2.75, 3.05) is 20.8 Å². The maximum Gasteiger partial charge on any atom is 0.161 e. The Labute approximate surface area is 116 Å². The topological polar surface area (TPSA) is 48.3 Å². The molecule has 0 aliphatic heterocycles. The lowest BCUT2D eigenvalue weighted by Gasteiger charge is -2.27. The number of nitrogens with zero attached hydrogens (tertiary/aromatic N) is 2. The van der Waals surface area contributed by atoms with Crippen LogP contribution in [0.4, 0.5) is 0 Å². The second-order valence-electron chi connectivity index (χ2n) is 4.49. The first-order chi connectivity index (χ1) is 9.23. The minimum Gasteiger partial charge on any atom is -0.493 e. The Morgan fingerprint density at radius 3 is 2.58 bits per heavy atom. The lowest BCUT2D eigenvalue weighted by Crippen LogP contribution is -2.33. The van der Waals surface area contributed by atoms with Crippen molar-refractivity contribution in [2.24, 2.45) is 0 Å². The summed E-state index contributed by atoms with van der Waals surface area (Å²) in [7, 11) is 3.64. The van der Waals surface area contributed by atoms with Crippen LogP contribution in [-0.4, -0.2) is 36.6 Å². The molecule has 2 atom stereocenters. The van der Waals surface area contributed by atoms with Gasteiger partial charge in [0.2, 0.25) is 0 Å². The fourth-order valence-corrected chi connectivity index (χ4v) is 2.40. The zero-order chi connectivity index (χ0) is 14.3. The molecule has 110 valence electrons. The zero-order valence-electron chi connectivity index (χ0n) is 12.8. The number of ether oxygens (including phenoxy) is 2. The quantitative estimate of drug-likeness (QED) is 0.747. The van der Waals surface area contributed by atoms with Gasteiger partial charge in [0, 0.05) is 13.2 Å². The summed E-state index contributed by atoms with van der Waals surface area (Å²) in [6, 6.07) is 0.0916. The summed E-state index contributed by atoms with van der Waals surface area (Å²) in [5, 5.41) is 7.77. The molecule has 0 aromatic carbocycles. The molecule has 0 aliphatic rings. The van der Waals surface area contributed by atoms with Gasteiger partial charge in [0.25, 0.3) is 0 Å². The van der Waals surface area contributed by atoms with Gasteiger partial charge in [-0.25, -0.2) is 0 Å². The van der Waals surface area contributed by atoms with Gasteiger partial charge in [0.15, 0.2) is 5.75 Å². The Hall–Kier alpha value is -1.07. The first-order valence-electron chi connectivity index (χ1n) is 7.11. The molecular formula is C14H27N3O2. The SMILES string of the molecule is CCCn1ncc(OC)c1C(NC)C(CC)OCC.